The van der Waals surface area contributed by atoms with Crippen LogP contribution in [0.5, 0.6) is 11.5 Å². The zero-order valence-corrected chi connectivity index (χ0v) is 14.1. The van der Waals surface area contributed by atoms with E-state index in [-0.39, 0.29) is 11.5 Å². The molecular formula is C24H18O2. The summed E-state index contributed by atoms with van der Waals surface area (Å²) in [6.45, 7) is 0. The normalized spacial score (nSPS) is 10.6. The summed E-state index contributed by atoms with van der Waals surface area (Å²) >= 11 is 0. The van der Waals surface area contributed by atoms with Crippen molar-refractivity contribution in [1.82, 2.24) is 0 Å². The van der Waals surface area contributed by atoms with Gasteiger partial charge in [-0.3, -0.25) is 0 Å². The van der Waals surface area contributed by atoms with Gasteiger partial charge in [-0.1, -0.05) is 78.9 Å². The van der Waals surface area contributed by atoms with E-state index in [9.17, 15) is 10.2 Å². The zero-order chi connectivity index (χ0) is 17.9. The highest BCUT2D eigenvalue weighted by atomic mass is 16.3. The lowest BCUT2D eigenvalue weighted by atomic mass is 9.96. The van der Waals surface area contributed by atoms with Crippen LogP contribution in [-0.4, -0.2) is 10.2 Å². The highest BCUT2D eigenvalue weighted by Crippen LogP contribution is 2.38. The number of benzene rings is 4. The molecule has 26 heavy (non-hydrogen) atoms. The van der Waals surface area contributed by atoms with Crippen LogP contribution in [0.3, 0.4) is 0 Å². The number of hydrogen-bond donors (Lipinski definition) is 2. The Labute approximate surface area is 152 Å². The van der Waals surface area contributed by atoms with Gasteiger partial charge in [-0.05, 0) is 40.5 Å². The van der Waals surface area contributed by atoms with Gasteiger partial charge in [0.05, 0.1) is 0 Å². The van der Waals surface area contributed by atoms with Crippen molar-refractivity contribution in [1.29, 1.82) is 0 Å². The molecule has 2 N–H and O–H groups in total. The fourth-order valence-corrected chi connectivity index (χ4v) is 3.14. The zero-order valence-electron chi connectivity index (χ0n) is 14.1. The molecule has 0 radical (unpaired) electrons. The van der Waals surface area contributed by atoms with Crippen LogP contribution in [0.1, 0.15) is 0 Å². The van der Waals surface area contributed by atoms with Crippen LogP contribution in [0.15, 0.2) is 97.1 Å². The van der Waals surface area contributed by atoms with Gasteiger partial charge in [-0.2, -0.15) is 0 Å². The van der Waals surface area contributed by atoms with Gasteiger partial charge >= 0.3 is 0 Å². The Morgan fingerprint density at radius 2 is 1.00 bits per heavy atom. The molecule has 2 heteroatoms. The van der Waals surface area contributed by atoms with Gasteiger partial charge in [-0.25, -0.2) is 0 Å². The van der Waals surface area contributed by atoms with Crippen LogP contribution in [0.2, 0.25) is 0 Å². The third kappa shape index (κ3) is 3.05. The molecule has 2 nitrogen and oxygen atoms in total. The summed E-state index contributed by atoms with van der Waals surface area (Å²) in [6.07, 6.45) is 0. The first-order valence-electron chi connectivity index (χ1n) is 8.49. The molecule has 0 unspecified atom stereocenters. The average Bonchev–Trinajstić information content (AvgIpc) is 2.70. The second-order valence-electron chi connectivity index (χ2n) is 6.20. The SMILES string of the molecule is Oc1cc(-c2ccccc2)ccc1-c1ccc(O)c(-c2ccccc2)c1. The second-order valence-corrected chi connectivity index (χ2v) is 6.20. The summed E-state index contributed by atoms with van der Waals surface area (Å²) in [5.74, 6) is 0.441. The summed E-state index contributed by atoms with van der Waals surface area (Å²) in [4.78, 5) is 0. The molecule has 0 fully saturated rings. The summed E-state index contributed by atoms with van der Waals surface area (Å²) in [7, 11) is 0. The molecule has 4 aromatic carbocycles. The fraction of sp³-hybridized carbons (Fsp3) is 0. The minimum atomic E-state index is 0.219. The molecule has 4 rings (SSSR count). The Morgan fingerprint density at radius 1 is 0.385 bits per heavy atom. The van der Waals surface area contributed by atoms with Crippen molar-refractivity contribution in [2.45, 2.75) is 0 Å². The second kappa shape index (κ2) is 6.77. The Bertz CT molecular complexity index is 1040. The van der Waals surface area contributed by atoms with E-state index in [4.69, 9.17) is 0 Å². The highest BCUT2D eigenvalue weighted by Gasteiger charge is 2.10. The van der Waals surface area contributed by atoms with E-state index in [1.165, 1.54) is 0 Å². The molecule has 0 aliphatic heterocycles. The Hall–Kier alpha value is -3.52. The van der Waals surface area contributed by atoms with Crippen molar-refractivity contribution >= 4 is 0 Å². The number of phenols is 2. The van der Waals surface area contributed by atoms with Crippen LogP contribution in [0.25, 0.3) is 33.4 Å². The van der Waals surface area contributed by atoms with E-state index >= 15 is 0 Å². The minimum Gasteiger partial charge on any atom is -0.507 e. The van der Waals surface area contributed by atoms with E-state index in [2.05, 4.69) is 0 Å². The van der Waals surface area contributed by atoms with Gasteiger partial charge in [0.2, 0.25) is 0 Å². The van der Waals surface area contributed by atoms with E-state index in [0.29, 0.717) is 0 Å². The first kappa shape index (κ1) is 16.0. The summed E-state index contributed by atoms with van der Waals surface area (Å²) in [6, 6.07) is 30.8. The number of rotatable bonds is 3. The molecule has 0 heterocycles. The molecule has 0 aliphatic rings. The lowest BCUT2D eigenvalue weighted by molar-refractivity contribution is 0.475. The molecule has 0 bridgehead atoms. The van der Waals surface area contributed by atoms with Crippen molar-refractivity contribution in [3.63, 3.8) is 0 Å². The molecule has 0 saturated heterocycles. The van der Waals surface area contributed by atoms with Gasteiger partial charge < -0.3 is 10.2 Å². The predicted octanol–water partition coefficient (Wildman–Crippen LogP) is 6.10. The molecule has 0 spiro atoms. The lowest BCUT2D eigenvalue weighted by Crippen LogP contribution is -1.85. The third-order valence-corrected chi connectivity index (χ3v) is 4.50. The molecule has 0 aromatic heterocycles. The van der Waals surface area contributed by atoms with Crippen molar-refractivity contribution < 1.29 is 10.2 Å². The molecule has 0 aliphatic carbocycles. The van der Waals surface area contributed by atoms with Crippen LogP contribution < -0.4 is 0 Å². The van der Waals surface area contributed by atoms with Crippen LogP contribution in [0.4, 0.5) is 0 Å². The molecule has 126 valence electrons. The van der Waals surface area contributed by atoms with Crippen LogP contribution in [0, 0.1) is 0 Å². The molecule has 4 aromatic rings. The molecule has 0 saturated carbocycles. The number of hydrogen-bond acceptors (Lipinski definition) is 2. The van der Waals surface area contributed by atoms with Crippen LogP contribution >= 0.6 is 0 Å². The monoisotopic (exact) mass is 338 g/mol. The molecular weight excluding hydrogens is 320 g/mol. The topological polar surface area (TPSA) is 40.5 Å². The molecule has 0 amide bonds. The van der Waals surface area contributed by atoms with Crippen molar-refractivity contribution in [2.24, 2.45) is 0 Å². The number of aromatic hydroxyl groups is 2. The Kier molecular flexibility index (Phi) is 4.16. The number of phenolic OH excluding ortho intramolecular Hbond substituents is 2. The van der Waals surface area contributed by atoms with E-state index in [0.717, 1.165) is 33.4 Å². The first-order chi connectivity index (χ1) is 12.7. The maximum absolute atomic E-state index is 10.6. The van der Waals surface area contributed by atoms with Gasteiger partial charge in [0.15, 0.2) is 0 Å². The van der Waals surface area contributed by atoms with Crippen LogP contribution in [-0.2, 0) is 0 Å². The van der Waals surface area contributed by atoms with Gasteiger partial charge in [-0.15, -0.1) is 0 Å². The lowest BCUT2D eigenvalue weighted by Gasteiger charge is -2.11. The van der Waals surface area contributed by atoms with Gasteiger partial charge in [0, 0.05) is 11.1 Å². The fourth-order valence-electron chi connectivity index (χ4n) is 3.14. The van der Waals surface area contributed by atoms with E-state index < -0.39 is 0 Å². The van der Waals surface area contributed by atoms with E-state index in [1.54, 1.807) is 12.1 Å². The Balaban J connectivity index is 1.77. The minimum absolute atomic E-state index is 0.219. The Morgan fingerprint density at radius 3 is 1.65 bits per heavy atom. The van der Waals surface area contributed by atoms with Crippen molar-refractivity contribution in [3.8, 4) is 44.9 Å². The predicted molar refractivity (Wildman–Crippen MR) is 106 cm³/mol. The summed E-state index contributed by atoms with van der Waals surface area (Å²) in [5, 5.41) is 20.8. The largest absolute Gasteiger partial charge is 0.507 e. The smallest absolute Gasteiger partial charge is 0.124 e. The quantitative estimate of drug-likeness (QED) is 0.474. The summed E-state index contributed by atoms with van der Waals surface area (Å²) < 4.78 is 0. The average molecular weight is 338 g/mol. The van der Waals surface area contributed by atoms with Crippen molar-refractivity contribution in [3.05, 3.63) is 97.1 Å². The summed E-state index contributed by atoms with van der Waals surface area (Å²) in [5.41, 5.74) is 5.31. The van der Waals surface area contributed by atoms with Gasteiger partial charge in [0.25, 0.3) is 0 Å². The standard InChI is InChI=1S/C24H18O2/c25-23-14-12-20(15-22(23)18-9-5-2-6-10-18)21-13-11-19(16-24(21)26)17-7-3-1-4-8-17/h1-16,25-26H. The third-order valence-electron chi connectivity index (χ3n) is 4.50. The molecule has 0 atom stereocenters. The maximum Gasteiger partial charge on any atom is 0.124 e. The van der Waals surface area contributed by atoms with E-state index in [1.807, 2.05) is 84.9 Å². The maximum atomic E-state index is 10.6. The first-order valence-corrected chi connectivity index (χ1v) is 8.49. The van der Waals surface area contributed by atoms with Gasteiger partial charge in [0.1, 0.15) is 11.5 Å². The van der Waals surface area contributed by atoms with Crippen molar-refractivity contribution in [2.75, 3.05) is 0 Å². The highest BCUT2D eigenvalue weighted by molar-refractivity contribution is 5.81.